The van der Waals surface area contributed by atoms with Crippen LogP contribution in [0.15, 0.2) is 30.5 Å². The van der Waals surface area contributed by atoms with E-state index < -0.39 is 10.8 Å². The topological polar surface area (TPSA) is 73.8 Å². The molecular weight excluding hydrogens is 284 g/mol. The minimum Gasteiger partial charge on any atom is -0.369 e. The fourth-order valence-electron chi connectivity index (χ4n) is 3.15. The second-order valence-corrected chi connectivity index (χ2v) is 7.12. The molecule has 0 aliphatic carbocycles. The van der Waals surface area contributed by atoms with Crippen molar-refractivity contribution in [3.63, 3.8) is 0 Å². The summed E-state index contributed by atoms with van der Waals surface area (Å²) in [6.45, 7) is 0. The normalized spacial score (nSPS) is 22.9. The molecule has 0 saturated carbocycles. The summed E-state index contributed by atoms with van der Waals surface area (Å²) in [4.78, 5) is 8.90. The molecule has 0 spiro atoms. The third-order valence-corrected chi connectivity index (χ3v) is 5.56. The first-order valence-corrected chi connectivity index (χ1v) is 8.59. The van der Waals surface area contributed by atoms with Crippen LogP contribution in [0.25, 0.3) is 21.9 Å². The molecule has 0 radical (unpaired) electrons. The SMILES string of the molecule is Nc1nc2cnc3ccccc3c2n1C1CCS(=O)CC1. The molecule has 108 valence electrons. The largest absolute Gasteiger partial charge is 0.369 e. The van der Waals surface area contributed by atoms with Crippen LogP contribution < -0.4 is 5.73 Å². The third-order valence-electron chi connectivity index (χ3n) is 4.17. The highest BCUT2D eigenvalue weighted by molar-refractivity contribution is 7.85. The standard InChI is InChI=1S/C15H16N4OS/c16-15-18-13-9-17-12-4-2-1-3-11(12)14(13)19(15)10-5-7-21(20)8-6-10/h1-4,9-10H,5-8H2,(H2,16,18). The summed E-state index contributed by atoms with van der Waals surface area (Å²) in [6, 6.07) is 8.32. The Morgan fingerprint density at radius 1 is 1.19 bits per heavy atom. The summed E-state index contributed by atoms with van der Waals surface area (Å²) in [5.41, 5.74) is 8.99. The lowest BCUT2D eigenvalue weighted by atomic mass is 10.1. The molecule has 0 amide bonds. The van der Waals surface area contributed by atoms with Crippen LogP contribution in [0.1, 0.15) is 18.9 Å². The molecule has 6 heteroatoms. The van der Waals surface area contributed by atoms with E-state index in [-0.39, 0.29) is 6.04 Å². The first-order valence-electron chi connectivity index (χ1n) is 7.10. The zero-order chi connectivity index (χ0) is 14.4. The van der Waals surface area contributed by atoms with Crippen molar-refractivity contribution in [3.05, 3.63) is 30.5 Å². The summed E-state index contributed by atoms with van der Waals surface area (Å²) in [5.74, 6) is 2.01. The van der Waals surface area contributed by atoms with Crippen molar-refractivity contribution in [1.29, 1.82) is 0 Å². The van der Waals surface area contributed by atoms with E-state index >= 15 is 0 Å². The average Bonchev–Trinajstić information content (AvgIpc) is 2.85. The van der Waals surface area contributed by atoms with Crippen LogP contribution in [-0.4, -0.2) is 30.2 Å². The predicted molar refractivity (Wildman–Crippen MR) is 85.6 cm³/mol. The summed E-state index contributed by atoms with van der Waals surface area (Å²) < 4.78 is 13.7. The predicted octanol–water partition coefficient (Wildman–Crippen LogP) is 2.25. The van der Waals surface area contributed by atoms with Gasteiger partial charge in [-0.15, -0.1) is 0 Å². The van der Waals surface area contributed by atoms with Gasteiger partial charge in [-0.3, -0.25) is 9.19 Å². The zero-order valence-corrected chi connectivity index (χ0v) is 12.3. The molecule has 3 heterocycles. The Hall–Kier alpha value is -1.95. The van der Waals surface area contributed by atoms with Gasteiger partial charge < -0.3 is 10.3 Å². The summed E-state index contributed by atoms with van der Waals surface area (Å²) in [5, 5.41) is 1.07. The quantitative estimate of drug-likeness (QED) is 0.748. The molecule has 2 aromatic heterocycles. The third kappa shape index (κ3) is 2.01. The molecule has 2 N–H and O–H groups in total. The molecule has 1 fully saturated rings. The molecule has 4 rings (SSSR count). The van der Waals surface area contributed by atoms with Crippen LogP contribution in [-0.2, 0) is 10.8 Å². The molecule has 1 aromatic carbocycles. The van der Waals surface area contributed by atoms with E-state index in [1.54, 1.807) is 6.20 Å². The molecule has 0 atom stereocenters. The van der Waals surface area contributed by atoms with Crippen molar-refractivity contribution in [2.75, 3.05) is 17.2 Å². The average molecular weight is 300 g/mol. The highest BCUT2D eigenvalue weighted by Crippen LogP contribution is 2.33. The summed E-state index contributed by atoms with van der Waals surface area (Å²) in [7, 11) is -0.677. The number of hydrogen-bond acceptors (Lipinski definition) is 4. The van der Waals surface area contributed by atoms with Gasteiger partial charge in [-0.25, -0.2) is 4.98 Å². The van der Waals surface area contributed by atoms with E-state index in [2.05, 4.69) is 20.6 Å². The number of hydrogen-bond donors (Lipinski definition) is 1. The van der Waals surface area contributed by atoms with Gasteiger partial charge in [-0.1, -0.05) is 18.2 Å². The van der Waals surface area contributed by atoms with Crippen molar-refractivity contribution in [3.8, 4) is 0 Å². The highest BCUT2D eigenvalue weighted by Gasteiger charge is 2.24. The first kappa shape index (κ1) is 12.8. The molecule has 1 aliphatic heterocycles. The number of anilines is 1. The van der Waals surface area contributed by atoms with Gasteiger partial charge in [0.15, 0.2) is 0 Å². The Bertz CT molecular complexity index is 847. The minimum absolute atomic E-state index is 0.276. The maximum Gasteiger partial charge on any atom is 0.201 e. The number of fused-ring (bicyclic) bond motifs is 3. The smallest absolute Gasteiger partial charge is 0.201 e. The van der Waals surface area contributed by atoms with Gasteiger partial charge in [-0.2, -0.15) is 0 Å². The number of pyridine rings is 1. The zero-order valence-electron chi connectivity index (χ0n) is 11.5. The number of imidazole rings is 1. The van der Waals surface area contributed by atoms with Gasteiger partial charge >= 0.3 is 0 Å². The number of nitrogens with zero attached hydrogens (tertiary/aromatic N) is 3. The molecular formula is C15H16N4OS. The molecule has 1 saturated heterocycles. The lowest BCUT2D eigenvalue weighted by molar-refractivity contribution is 0.479. The van der Waals surface area contributed by atoms with Gasteiger partial charge in [0.2, 0.25) is 5.95 Å². The van der Waals surface area contributed by atoms with Crippen LogP contribution >= 0.6 is 0 Å². The maximum atomic E-state index is 11.6. The van der Waals surface area contributed by atoms with Crippen molar-refractivity contribution in [2.45, 2.75) is 18.9 Å². The number of nitrogen functional groups attached to an aromatic ring is 1. The van der Waals surface area contributed by atoms with E-state index in [0.29, 0.717) is 5.95 Å². The number of benzene rings is 1. The molecule has 21 heavy (non-hydrogen) atoms. The molecule has 1 aliphatic rings. The van der Waals surface area contributed by atoms with Gasteiger partial charge in [0, 0.05) is 33.7 Å². The molecule has 5 nitrogen and oxygen atoms in total. The van der Waals surface area contributed by atoms with E-state index in [1.807, 2.05) is 18.2 Å². The van der Waals surface area contributed by atoms with Gasteiger partial charge in [0.25, 0.3) is 0 Å². The summed E-state index contributed by atoms with van der Waals surface area (Å²) in [6.07, 6.45) is 3.56. The van der Waals surface area contributed by atoms with Crippen LogP contribution in [0, 0.1) is 0 Å². The second kappa shape index (κ2) is 4.80. The van der Waals surface area contributed by atoms with Gasteiger partial charge in [-0.05, 0) is 18.9 Å². The lowest BCUT2D eigenvalue weighted by Gasteiger charge is -2.24. The monoisotopic (exact) mass is 300 g/mol. The van der Waals surface area contributed by atoms with E-state index in [9.17, 15) is 4.21 Å². The Morgan fingerprint density at radius 2 is 1.95 bits per heavy atom. The number of rotatable bonds is 1. The van der Waals surface area contributed by atoms with Crippen LogP contribution in [0.3, 0.4) is 0 Å². The van der Waals surface area contributed by atoms with Crippen LogP contribution in [0.4, 0.5) is 5.95 Å². The Kier molecular flexibility index (Phi) is 2.92. The minimum atomic E-state index is -0.677. The fourth-order valence-corrected chi connectivity index (χ4v) is 4.43. The number of nitrogens with two attached hydrogens (primary N) is 1. The van der Waals surface area contributed by atoms with Crippen LogP contribution in [0.2, 0.25) is 0 Å². The van der Waals surface area contributed by atoms with Crippen molar-refractivity contribution < 1.29 is 4.21 Å². The van der Waals surface area contributed by atoms with Crippen molar-refractivity contribution >= 4 is 38.7 Å². The maximum absolute atomic E-state index is 11.6. The van der Waals surface area contributed by atoms with E-state index in [1.165, 1.54) is 0 Å². The van der Waals surface area contributed by atoms with E-state index in [0.717, 1.165) is 46.3 Å². The molecule has 0 unspecified atom stereocenters. The summed E-state index contributed by atoms with van der Waals surface area (Å²) >= 11 is 0. The number of aromatic nitrogens is 3. The van der Waals surface area contributed by atoms with Gasteiger partial charge in [0.05, 0.1) is 17.2 Å². The molecule has 3 aromatic rings. The molecule has 0 bridgehead atoms. The Balaban J connectivity index is 1.97. The Labute approximate surface area is 124 Å². The first-order chi connectivity index (χ1) is 10.2. The second-order valence-electron chi connectivity index (χ2n) is 5.43. The van der Waals surface area contributed by atoms with E-state index in [4.69, 9.17) is 5.73 Å². The number of para-hydroxylation sites is 1. The van der Waals surface area contributed by atoms with Gasteiger partial charge in [0.1, 0.15) is 5.52 Å². The fraction of sp³-hybridized carbons (Fsp3) is 0.333. The van der Waals surface area contributed by atoms with Crippen molar-refractivity contribution in [2.24, 2.45) is 0 Å². The highest BCUT2D eigenvalue weighted by atomic mass is 32.2. The van der Waals surface area contributed by atoms with Crippen molar-refractivity contribution in [1.82, 2.24) is 14.5 Å². The lowest BCUT2D eigenvalue weighted by Crippen LogP contribution is -2.22. The van der Waals surface area contributed by atoms with Crippen LogP contribution in [0.5, 0.6) is 0 Å². The Morgan fingerprint density at radius 3 is 2.76 bits per heavy atom.